The Labute approximate surface area is 115 Å². The average molecular weight is 284 g/mol. The van der Waals surface area contributed by atoms with Crippen LogP contribution in [-0.2, 0) is 6.54 Å². The Hall–Kier alpha value is -1.81. The summed E-state index contributed by atoms with van der Waals surface area (Å²) in [6, 6.07) is 14.0. The lowest BCUT2D eigenvalue weighted by molar-refractivity contribution is -0.0504. The number of hydrogen-bond acceptors (Lipinski definition) is 2. The second kappa shape index (κ2) is 6.38. The summed E-state index contributed by atoms with van der Waals surface area (Å²) in [6.07, 6.45) is 0. The molecule has 0 bridgehead atoms. The number of ether oxygens (including phenoxy) is 1. The van der Waals surface area contributed by atoms with Gasteiger partial charge in [0.2, 0.25) is 0 Å². The van der Waals surface area contributed by atoms with Crippen LogP contribution in [0.1, 0.15) is 5.56 Å². The molecular formula is C14H12ClF2NO. The van der Waals surface area contributed by atoms with Crippen molar-refractivity contribution in [3.8, 4) is 5.75 Å². The first-order chi connectivity index (χ1) is 9.15. The normalized spacial score (nSPS) is 10.5. The third-order valence-electron chi connectivity index (χ3n) is 2.50. The molecule has 0 radical (unpaired) electrons. The van der Waals surface area contributed by atoms with Crippen molar-refractivity contribution in [2.24, 2.45) is 0 Å². The van der Waals surface area contributed by atoms with E-state index in [1.807, 2.05) is 30.3 Å². The van der Waals surface area contributed by atoms with Gasteiger partial charge in [-0.05, 0) is 30.3 Å². The van der Waals surface area contributed by atoms with Crippen LogP contribution in [0.3, 0.4) is 0 Å². The number of halogens is 3. The maximum atomic E-state index is 12.3. The van der Waals surface area contributed by atoms with Crippen LogP contribution < -0.4 is 10.1 Å². The maximum absolute atomic E-state index is 12.3. The zero-order valence-corrected chi connectivity index (χ0v) is 10.7. The van der Waals surface area contributed by atoms with Gasteiger partial charge >= 0.3 is 6.61 Å². The molecule has 19 heavy (non-hydrogen) atoms. The standard InChI is InChI=1S/C14H12ClF2NO/c15-11-6-7-13(19-14(16)17)10(8-11)9-18-12-4-2-1-3-5-12/h1-8,14,18H,9H2. The van der Waals surface area contributed by atoms with E-state index in [2.05, 4.69) is 10.1 Å². The molecule has 0 atom stereocenters. The third kappa shape index (κ3) is 4.10. The van der Waals surface area contributed by atoms with Crippen molar-refractivity contribution in [3.05, 3.63) is 59.1 Å². The fraction of sp³-hybridized carbons (Fsp3) is 0.143. The van der Waals surface area contributed by atoms with Gasteiger partial charge in [-0.3, -0.25) is 0 Å². The second-order valence-corrected chi connectivity index (χ2v) is 4.29. The van der Waals surface area contributed by atoms with Gasteiger partial charge in [0, 0.05) is 22.8 Å². The molecule has 1 N–H and O–H groups in total. The fourth-order valence-electron chi connectivity index (χ4n) is 1.65. The van der Waals surface area contributed by atoms with Gasteiger partial charge in [0.05, 0.1) is 0 Å². The van der Waals surface area contributed by atoms with Gasteiger partial charge in [0.1, 0.15) is 5.75 Å². The minimum absolute atomic E-state index is 0.128. The number of nitrogens with one attached hydrogen (secondary N) is 1. The molecule has 0 fully saturated rings. The van der Waals surface area contributed by atoms with Crippen LogP contribution in [0.15, 0.2) is 48.5 Å². The van der Waals surface area contributed by atoms with Gasteiger partial charge in [-0.2, -0.15) is 8.78 Å². The zero-order chi connectivity index (χ0) is 13.7. The molecule has 0 aliphatic heterocycles. The first-order valence-electron chi connectivity index (χ1n) is 5.67. The summed E-state index contributed by atoms with van der Waals surface area (Å²) in [5.41, 5.74) is 1.47. The van der Waals surface area contributed by atoms with E-state index < -0.39 is 6.61 Å². The summed E-state index contributed by atoms with van der Waals surface area (Å²) in [7, 11) is 0. The molecule has 2 nitrogen and oxygen atoms in total. The Morgan fingerprint density at radius 3 is 2.53 bits per heavy atom. The molecule has 0 saturated heterocycles. The number of benzene rings is 2. The maximum Gasteiger partial charge on any atom is 0.387 e. The van der Waals surface area contributed by atoms with E-state index in [4.69, 9.17) is 11.6 Å². The number of rotatable bonds is 5. The van der Waals surface area contributed by atoms with Gasteiger partial charge in [0.25, 0.3) is 0 Å². The number of hydrogen-bond donors (Lipinski definition) is 1. The summed E-state index contributed by atoms with van der Waals surface area (Å²) in [4.78, 5) is 0. The van der Waals surface area contributed by atoms with E-state index in [9.17, 15) is 8.78 Å². The van der Waals surface area contributed by atoms with Crippen molar-refractivity contribution in [3.63, 3.8) is 0 Å². The third-order valence-corrected chi connectivity index (χ3v) is 2.73. The zero-order valence-electron chi connectivity index (χ0n) is 9.95. The molecule has 2 rings (SSSR count). The van der Waals surface area contributed by atoms with Crippen molar-refractivity contribution >= 4 is 17.3 Å². The van der Waals surface area contributed by atoms with Crippen molar-refractivity contribution in [1.29, 1.82) is 0 Å². The van der Waals surface area contributed by atoms with Crippen molar-refractivity contribution in [2.75, 3.05) is 5.32 Å². The SMILES string of the molecule is FC(F)Oc1ccc(Cl)cc1CNc1ccccc1. The van der Waals surface area contributed by atoms with Crippen molar-refractivity contribution in [1.82, 2.24) is 0 Å². The molecule has 0 aromatic heterocycles. The lowest BCUT2D eigenvalue weighted by Crippen LogP contribution is -2.07. The molecule has 0 aliphatic carbocycles. The predicted molar refractivity (Wildman–Crippen MR) is 71.9 cm³/mol. The Bertz CT molecular complexity index is 534. The number of anilines is 1. The van der Waals surface area contributed by atoms with Crippen LogP contribution in [0.5, 0.6) is 5.75 Å². The average Bonchev–Trinajstić information content (AvgIpc) is 2.40. The lowest BCUT2D eigenvalue weighted by atomic mass is 10.2. The highest BCUT2D eigenvalue weighted by Gasteiger charge is 2.10. The summed E-state index contributed by atoms with van der Waals surface area (Å²) in [5, 5.41) is 3.60. The summed E-state index contributed by atoms with van der Waals surface area (Å²) < 4.78 is 29.0. The minimum atomic E-state index is -2.85. The number of para-hydroxylation sites is 1. The van der Waals surface area contributed by atoms with Gasteiger partial charge < -0.3 is 10.1 Å². The Kier molecular flexibility index (Phi) is 4.58. The van der Waals surface area contributed by atoms with E-state index in [1.165, 1.54) is 12.1 Å². The van der Waals surface area contributed by atoms with Crippen LogP contribution in [0.2, 0.25) is 5.02 Å². The molecule has 2 aromatic carbocycles. The summed E-state index contributed by atoms with van der Waals surface area (Å²) in [5.74, 6) is 0.128. The highest BCUT2D eigenvalue weighted by Crippen LogP contribution is 2.25. The van der Waals surface area contributed by atoms with E-state index in [1.54, 1.807) is 6.07 Å². The van der Waals surface area contributed by atoms with Crippen molar-refractivity contribution in [2.45, 2.75) is 13.2 Å². The molecule has 0 unspecified atom stereocenters. The Morgan fingerprint density at radius 1 is 1.11 bits per heavy atom. The van der Waals surface area contributed by atoms with E-state index in [0.29, 0.717) is 17.1 Å². The molecule has 0 saturated carbocycles. The van der Waals surface area contributed by atoms with Gasteiger partial charge in [0.15, 0.2) is 0 Å². The van der Waals surface area contributed by atoms with Gasteiger partial charge in [-0.15, -0.1) is 0 Å². The van der Waals surface area contributed by atoms with E-state index in [0.717, 1.165) is 5.69 Å². The summed E-state index contributed by atoms with van der Waals surface area (Å²) >= 11 is 5.86. The first-order valence-corrected chi connectivity index (χ1v) is 6.05. The topological polar surface area (TPSA) is 21.3 Å². The van der Waals surface area contributed by atoms with E-state index in [-0.39, 0.29) is 5.75 Å². The monoisotopic (exact) mass is 283 g/mol. The van der Waals surface area contributed by atoms with Crippen LogP contribution >= 0.6 is 11.6 Å². The lowest BCUT2D eigenvalue weighted by Gasteiger charge is -2.12. The molecule has 5 heteroatoms. The number of alkyl halides is 2. The molecular weight excluding hydrogens is 272 g/mol. The fourth-order valence-corrected chi connectivity index (χ4v) is 1.85. The smallest absolute Gasteiger partial charge is 0.387 e. The molecule has 100 valence electrons. The quantitative estimate of drug-likeness (QED) is 0.869. The highest BCUT2D eigenvalue weighted by molar-refractivity contribution is 6.30. The highest BCUT2D eigenvalue weighted by atomic mass is 35.5. The molecule has 0 spiro atoms. The Morgan fingerprint density at radius 2 is 1.84 bits per heavy atom. The van der Waals surface area contributed by atoms with Crippen LogP contribution in [0.25, 0.3) is 0 Å². The van der Waals surface area contributed by atoms with E-state index >= 15 is 0 Å². The van der Waals surface area contributed by atoms with Gasteiger partial charge in [-0.1, -0.05) is 29.8 Å². The van der Waals surface area contributed by atoms with Gasteiger partial charge in [-0.25, -0.2) is 0 Å². The van der Waals surface area contributed by atoms with Crippen LogP contribution in [-0.4, -0.2) is 6.61 Å². The molecule has 0 amide bonds. The first kappa shape index (κ1) is 13.6. The summed E-state index contributed by atoms with van der Waals surface area (Å²) in [6.45, 7) is -2.50. The van der Waals surface area contributed by atoms with Crippen molar-refractivity contribution < 1.29 is 13.5 Å². The molecule has 0 heterocycles. The second-order valence-electron chi connectivity index (χ2n) is 3.85. The molecule has 2 aromatic rings. The molecule has 0 aliphatic rings. The minimum Gasteiger partial charge on any atom is -0.434 e. The largest absolute Gasteiger partial charge is 0.434 e. The Balaban J connectivity index is 2.12. The van der Waals surface area contributed by atoms with Crippen LogP contribution in [0, 0.1) is 0 Å². The van der Waals surface area contributed by atoms with Crippen LogP contribution in [0.4, 0.5) is 14.5 Å². The predicted octanol–water partition coefficient (Wildman–Crippen LogP) is 4.55.